The monoisotopic (exact) mass is 284 g/mol. The van der Waals surface area contributed by atoms with E-state index in [0.717, 1.165) is 44.9 Å². The SMILES string of the molecule is NC1(Cc2ccccc2C2(C(=O)NC3CCC3)CC2)CC1. The highest BCUT2D eigenvalue weighted by Crippen LogP contribution is 2.51. The summed E-state index contributed by atoms with van der Waals surface area (Å²) in [6.45, 7) is 0. The van der Waals surface area contributed by atoms with Gasteiger partial charge in [0.25, 0.3) is 0 Å². The van der Waals surface area contributed by atoms with Crippen LogP contribution >= 0.6 is 0 Å². The third kappa shape index (κ3) is 2.38. The number of hydrogen-bond donors (Lipinski definition) is 2. The maximum Gasteiger partial charge on any atom is 0.230 e. The molecule has 0 atom stereocenters. The van der Waals surface area contributed by atoms with Gasteiger partial charge >= 0.3 is 0 Å². The number of benzene rings is 1. The molecule has 3 fully saturated rings. The van der Waals surface area contributed by atoms with Crippen molar-refractivity contribution in [1.82, 2.24) is 5.32 Å². The Morgan fingerprint density at radius 3 is 2.48 bits per heavy atom. The summed E-state index contributed by atoms with van der Waals surface area (Å²) in [7, 11) is 0. The van der Waals surface area contributed by atoms with Crippen molar-refractivity contribution >= 4 is 5.91 Å². The molecule has 1 amide bonds. The highest BCUT2D eigenvalue weighted by molar-refractivity contribution is 5.92. The van der Waals surface area contributed by atoms with Gasteiger partial charge in [-0.05, 0) is 62.5 Å². The van der Waals surface area contributed by atoms with Crippen LogP contribution in [0.1, 0.15) is 56.1 Å². The summed E-state index contributed by atoms with van der Waals surface area (Å²) in [5.74, 6) is 0.251. The lowest BCUT2D eigenvalue weighted by Gasteiger charge is -2.29. The van der Waals surface area contributed by atoms with Gasteiger partial charge in [0.2, 0.25) is 5.91 Å². The first-order valence-electron chi connectivity index (χ1n) is 8.30. The van der Waals surface area contributed by atoms with E-state index in [4.69, 9.17) is 5.73 Å². The van der Waals surface area contributed by atoms with Crippen molar-refractivity contribution in [3.63, 3.8) is 0 Å². The van der Waals surface area contributed by atoms with Crippen LogP contribution in [0.4, 0.5) is 0 Å². The van der Waals surface area contributed by atoms with Crippen molar-refractivity contribution in [2.45, 2.75) is 68.4 Å². The standard InChI is InChI=1S/C18H24N2O/c19-17(8-9-17)12-13-4-1-2-7-15(13)18(10-11-18)16(21)20-14-5-3-6-14/h1-2,4,7,14H,3,5-6,8-12,19H2,(H,20,21). The predicted molar refractivity (Wildman–Crippen MR) is 83.0 cm³/mol. The second-order valence-electron chi connectivity index (χ2n) is 7.38. The molecule has 0 aliphatic heterocycles. The molecule has 112 valence electrons. The third-order valence-electron chi connectivity index (χ3n) is 5.59. The van der Waals surface area contributed by atoms with E-state index < -0.39 is 0 Å². The zero-order chi connectivity index (χ0) is 14.5. The Kier molecular flexibility index (Phi) is 2.90. The average Bonchev–Trinajstić information content (AvgIpc) is 3.32. The molecule has 0 heterocycles. The number of nitrogens with two attached hydrogens (primary N) is 1. The van der Waals surface area contributed by atoms with Gasteiger partial charge in [0.1, 0.15) is 0 Å². The number of hydrogen-bond acceptors (Lipinski definition) is 2. The lowest BCUT2D eigenvalue weighted by Crippen LogP contribution is -2.45. The van der Waals surface area contributed by atoms with Crippen molar-refractivity contribution < 1.29 is 4.79 Å². The summed E-state index contributed by atoms with van der Waals surface area (Å²) < 4.78 is 0. The second-order valence-corrected chi connectivity index (χ2v) is 7.38. The zero-order valence-corrected chi connectivity index (χ0v) is 12.5. The topological polar surface area (TPSA) is 55.1 Å². The molecule has 1 aromatic rings. The molecule has 21 heavy (non-hydrogen) atoms. The van der Waals surface area contributed by atoms with E-state index in [2.05, 4.69) is 29.6 Å². The lowest BCUT2D eigenvalue weighted by atomic mass is 9.86. The number of carbonyl (C=O) groups is 1. The normalized spacial score (nSPS) is 25.0. The molecule has 3 heteroatoms. The van der Waals surface area contributed by atoms with Crippen LogP contribution in [0.5, 0.6) is 0 Å². The molecule has 3 aliphatic rings. The van der Waals surface area contributed by atoms with Crippen molar-refractivity contribution in [1.29, 1.82) is 0 Å². The van der Waals surface area contributed by atoms with Crippen LogP contribution in [-0.4, -0.2) is 17.5 Å². The van der Waals surface area contributed by atoms with Crippen LogP contribution in [0.15, 0.2) is 24.3 Å². The lowest BCUT2D eigenvalue weighted by molar-refractivity contribution is -0.124. The Labute approximate surface area is 126 Å². The van der Waals surface area contributed by atoms with Gasteiger partial charge in [0.05, 0.1) is 5.41 Å². The van der Waals surface area contributed by atoms with E-state index in [1.165, 1.54) is 17.5 Å². The molecule has 1 aromatic carbocycles. The van der Waals surface area contributed by atoms with E-state index in [1.807, 2.05) is 0 Å². The predicted octanol–water partition coefficient (Wildman–Crippen LogP) is 2.42. The number of rotatable bonds is 5. The fraction of sp³-hybridized carbons (Fsp3) is 0.611. The maximum absolute atomic E-state index is 12.7. The molecule has 3 nitrogen and oxygen atoms in total. The van der Waals surface area contributed by atoms with Crippen LogP contribution < -0.4 is 11.1 Å². The Bertz CT molecular complexity index is 568. The number of amides is 1. The minimum atomic E-state index is -0.253. The van der Waals surface area contributed by atoms with Gasteiger partial charge in [-0.2, -0.15) is 0 Å². The summed E-state index contributed by atoms with van der Waals surface area (Å²) in [6, 6.07) is 8.87. The van der Waals surface area contributed by atoms with Crippen molar-refractivity contribution in [3.8, 4) is 0 Å². The first-order valence-corrected chi connectivity index (χ1v) is 8.30. The Morgan fingerprint density at radius 1 is 1.19 bits per heavy atom. The molecule has 3 N–H and O–H groups in total. The summed E-state index contributed by atoms with van der Waals surface area (Å²) in [6.07, 6.45) is 8.67. The summed E-state index contributed by atoms with van der Waals surface area (Å²) in [5.41, 5.74) is 8.57. The van der Waals surface area contributed by atoms with Gasteiger partial charge < -0.3 is 11.1 Å². The first kappa shape index (κ1) is 13.3. The van der Waals surface area contributed by atoms with Gasteiger partial charge in [0.15, 0.2) is 0 Å². The van der Waals surface area contributed by atoms with Crippen LogP contribution in [0, 0.1) is 0 Å². The molecule has 3 aliphatic carbocycles. The van der Waals surface area contributed by atoms with E-state index >= 15 is 0 Å². The largest absolute Gasteiger partial charge is 0.353 e. The fourth-order valence-electron chi connectivity index (χ4n) is 3.48. The molecule has 0 aromatic heterocycles. The Hall–Kier alpha value is -1.35. The van der Waals surface area contributed by atoms with Crippen LogP contribution in [0.3, 0.4) is 0 Å². The molecule has 0 radical (unpaired) electrons. The Morgan fingerprint density at radius 2 is 1.90 bits per heavy atom. The zero-order valence-electron chi connectivity index (χ0n) is 12.5. The van der Waals surface area contributed by atoms with Gasteiger partial charge in [-0.1, -0.05) is 24.3 Å². The molecule has 0 unspecified atom stereocenters. The van der Waals surface area contributed by atoms with Gasteiger partial charge in [-0.3, -0.25) is 4.79 Å². The van der Waals surface area contributed by atoms with E-state index in [0.29, 0.717) is 6.04 Å². The number of nitrogens with one attached hydrogen (secondary N) is 1. The van der Waals surface area contributed by atoms with Gasteiger partial charge in [-0.15, -0.1) is 0 Å². The smallest absolute Gasteiger partial charge is 0.230 e. The quantitative estimate of drug-likeness (QED) is 0.872. The molecular formula is C18H24N2O. The molecule has 0 spiro atoms. The van der Waals surface area contributed by atoms with Crippen molar-refractivity contribution in [2.75, 3.05) is 0 Å². The minimum absolute atomic E-state index is 0.00334. The van der Waals surface area contributed by atoms with Gasteiger partial charge in [0, 0.05) is 11.6 Å². The molecule has 4 rings (SSSR count). The molecule has 0 bridgehead atoms. The summed E-state index contributed by atoms with van der Waals surface area (Å²) in [4.78, 5) is 12.7. The maximum atomic E-state index is 12.7. The van der Waals surface area contributed by atoms with E-state index in [1.54, 1.807) is 0 Å². The van der Waals surface area contributed by atoms with Crippen LogP contribution in [0.25, 0.3) is 0 Å². The summed E-state index contributed by atoms with van der Waals surface area (Å²) >= 11 is 0. The molecule has 3 saturated carbocycles. The van der Waals surface area contributed by atoms with Crippen LogP contribution in [0.2, 0.25) is 0 Å². The fourth-order valence-corrected chi connectivity index (χ4v) is 3.48. The summed E-state index contributed by atoms with van der Waals surface area (Å²) in [5, 5.41) is 3.25. The second kappa shape index (κ2) is 4.57. The Balaban J connectivity index is 1.58. The van der Waals surface area contributed by atoms with Crippen molar-refractivity contribution in [2.24, 2.45) is 5.73 Å². The third-order valence-corrected chi connectivity index (χ3v) is 5.59. The first-order chi connectivity index (χ1) is 10.1. The molecule has 0 saturated heterocycles. The molecular weight excluding hydrogens is 260 g/mol. The minimum Gasteiger partial charge on any atom is -0.353 e. The number of carbonyl (C=O) groups excluding carboxylic acids is 1. The highest BCUT2D eigenvalue weighted by Gasteiger charge is 2.53. The highest BCUT2D eigenvalue weighted by atomic mass is 16.2. The van der Waals surface area contributed by atoms with E-state index in [9.17, 15) is 4.79 Å². The average molecular weight is 284 g/mol. The van der Waals surface area contributed by atoms with Gasteiger partial charge in [-0.25, -0.2) is 0 Å². The van der Waals surface area contributed by atoms with Crippen LogP contribution in [-0.2, 0) is 16.6 Å². The van der Waals surface area contributed by atoms with Crippen molar-refractivity contribution in [3.05, 3.63) is 35.4 Å². The van der Waals surface area contributed by atoms with E-state index in [-0.39, 0.29) is 16.9 Å².